The van der Waals surface area contributed by atoms with E-state index in [1.54, 1.807) is 18.5 Å². The second-order valence-corrected chi connectivity index (χ2v) is 39.8. The van der Waals surface area contributed by atoms with E-state index in [2.05, 4.69) is 152 Å². The lowest BCUT2D eigenvalue weighted by atomic mass is 10.1. The summed E-state index contributed by atoms with van der Waals surface area (Å²) in [6, 6.07) is -1.37. The van der Waals surface area contributed by atoms with Crippen LogP contribution in [0.4, 0.5) is 52.9 Å². The molecule has 6 saturated carbocycles. The van der Waals surface area contributed by atoms with Crippen molar-refractivity contribution in [2.75, 3.05) is 83.8 Å². The molecule has 0 radical (unpaired) electrons. The summed E-state index contributed by atoms with van der Waals surface area (Å²) in [5.41, 5.74) is 45.0. The van der Waals surface area contributed by atoms with E-state index in [4.69, 9.17) is 117 Å². The number of hydrogen-bond donors (Lipinski definition) is 23. The van der Waals surface area contributed by atoms with Crippen molar-refractivity contribution in [3.63, 3.8) is 0 Å². The molecule has 1 amide bonds. The van der Waals surface area contributed by atoms with Crippen molar-refractivity contribution in [3.8, 4) is 0 Å². The highest BCUT2D eigenvalue weighted by atomic mass is 35.5. The van der Waals surface area contributed by atoms with Crippen LogP contribution in [0.3, 0.4) is 0 Å². The Morgan fingerprint density at radius 1 is 0.476 bits per heavy atom. The van der Waals surface area contributed by atoms with Crippen LogP contribution in [-0.2, 0) is 9.22 Å². The third-order valence-corrected chi connectivity index (χ3v) is 28.9. The molecule has 0 unspecified atom stereocenters. The molecule has 126 heavy (non-hydrogen) atoms. The van der Waals surface area contributed by atoms with Gasteiger partial charge in [-0.15, -0.1) is 32.8 Å². The molecule has 6 fully saturated rings. The number of nitrogens with one attached hydrogen (secondary N) is 5. The quantitative estimate of drug-likeness (QED) is 0.0468. The highest BCUT2D eigenvalue weighted by Gasteiger charge is 2.46. The van der Waals surface area contributed by atoms with Gasteiger partial charge >= 0.3 is 0 Å². The zero-order valence-corrected chi connectivity index (χ0v) is 75.0. The number of nitrogens with zero attached hydrogens (tertiary/aromatic N) is 21. The van der Waals surface area contributed by atoms with Gasteiger partial charge in [-0.1, -0.05) is 115 Å². The summed E-state index contributed by atoms with van der Waals surface area (Å²) < 4.78 is 12.8. The largest absolute Gasteiger partial charge is 0.412 e. The van der Waals surface area contributed by atoms with Crippen molar-refractivity contribution in [1.29, 1.82) is 0 Å². The number of hydrogen-bond acceptors (Lipinski definition) is 41. The molecule has 49 nitrogen and oxygen atoms in total. The molecule has 0 spiro atoms. The monoisotopic (exact) mass is 1880 g/mol. The number of anilines is 9. The fourth-order valence-electron chi connectivity index (χ4n) is 15.3. The average molecular weight is 1890 g/mol. The highest BCUT2D eigenvalue weighted by molar-refractivity contribution is 6.74. The van der Waals surface area contributed by atoms with Crippen LogP contribution in [0.15, 0.2) is 14.4 Å². The lowest BCUT2D eigenvalue weighted by Crippen LogP contribution is -2.45. The van der Waals surface area contributed by atoms with E-state index in [-0.39, 0.29) is 235 Å². The zero-order valence-electron chi connectivity index (χ0n) is 70.1. The Bertz CT molecular complexity index is 5500. The summed E-state index contributed by atoms with van der Waals surface area (Å²) in [6.45, 7) is 17.2. The van der Waals surface area contributed by atoms with Crippen molar-refractivity contribution in [3.05, 3.63) is 51.7 Å². The molecule has 6 aliphatic carbocycles. The van der Waals surface area contributed by atoms with Crippen molar-refractivity contribution in [2.24, 2.45) is 47.2 Å². The number of carbonyl (C=O) groups is 1. The molecule has 10 heterocycles. The number of amides is 1. The molecular formula is C71H111Cl5N34O15Si. The van der Waals surface area contributed by atoms with E-state index in [9.17, 15) is 49.8 Å². The van der Waals surface area contributed by atoms with E-state index in [0.717, 1.165) is 25.7 Å². The van der Waals surface area contributed by atoms with Crippen molar-refractivity contribution >= 4 is 171 Å². The number of nitrogen functional groups attached to an aromatic ring is 7. The number of H-pyrrole nitrogens is 3. The first-order chi connectivity index (χ1) is 59.0. The molecule has 18 atom stereocenters. The number of halogens is 5. The van der Waals surface area contributed by atoms with Gasteiger partial charge in [-0.05, 0) is 131 Å². The number of aromatic nitrogens is 24. The van der Waals surface area contributed by atoms with Gasteiger partial charge in [-0.3, -0.25) is 39.4 Å². The third-order valence-electron chi connectivity index (χ3n) is 23.2. The highest BCUT2D eigenvalue weighted by Crippen LogP contribution is 2.46. The van der Waals surface area contributed by atoms with Gasteiger partial charge in [0, 0.05) is 45.0 Å². The Balaban J connectivity index is 0.000000170. The minimum atomic E-state index is -1.93. The molecule has 10 aromatic rings. The van der Waals surface area contributed by atoms with Gasteiger partial charge in [0.25, 0.3) is 16.7 Å². The number of carbonyl (C=O) groups excluding carboxylic acids is 1. The lowest BCUT2D eigenvalue weighted by molar-refractivity contribution is -0.119. The number of nitrogens with two attached hydrogens (primary N) is 8. The van der Waals surface area contributed by atoms with Gasteiger partial charge in [0.15, 0.2) is 79.4 Å². The van der Waals surface area contributed by atoms with Crippen LogP contribution in [0.1, 0.15) is 149 Å². The van der Waals surface area contributed by atoms with E-state index in [1.165, 1.54) is 14.0 Å². The Kier molecular flexibility index (Phi) is 34.3. The summed E-state index contributed by atoms with van der Waals surface area (Å²) in [4.78, 5) is 90.1. The molecule has 0 aromatic carbocycles. The first-order valence-electron chi connectivity index (χ1n) is 40.4. The van der Waals surface area contributed by atoms with E-state index in [0.29, 0.717) is 86.3 Å². The van der Waals surface area contributed by atoms with E-state index < -0.39 is 49.9 Å². The maximum absolute atomic E-state index is 12.1. The van der Waals surface area contributed by atoms with Crippen LogP contribution >= 0.6 is 58.8 Å². The zero-order chi connectivity index (χ0) is 91.7. The van der Waals surface area contributed by atoms with E-state index >= 15 is 0 Å². The van der Waals surface area contributed by atoms with E-state index in [1.807, 2.05) is 0 Å². The molecule has 0 aliphatic heterocycles. The average Bonchev–Trinajstić information content (AvgIpc) is 1.63. The normalized spacial score (nSPS) is 25.6. The molecule has 16 rings (SSSR count). The Morgan fingerprint density at radius 3 is 1.25 bits per heavy atom. The van der Waals surface area contributed by atoms with Gasteiger partial charge in [0.1, 0.15) is 11.4 Å². The molecule has 0 bridgehead atoms. The number of aliphatic hydroxyl groups excluding tert-OH is 10. The number of aliphatic hydroxyl groups is 10. The van der Waals surface area contributed by atoms with Crippen LogP contribution in [0.2, 0.25) is 38.7 Å². The Labute approximate surface area is 745 Å². The molecular weight excluding hydrogens is 1770 g/mol. The Morgan fingerprint density at radius 2 is 0.841 bits per heavy atom. The lowest BCUT2D eigenvalue weighted by Gasteiger charge is -2.39. The first-order valence-corrected chi connectivity index (χ1v) is 44.8. The minimum absolute atomic E-state index is 0. The van der Waals surface area contributed by atoms with Crippen molar-refractivity contribution in [2.45, 2.75) is 216 Å². The van der Waals surface area contributed by atoms with Crippen molar-refractivity contribution < 1.29 is 60.3 Å². The summed E-state index contributed by atoms with van der Waals surface area (Å²) in [5, 5.41) is 132. The molecule has 6 aliphatic rings. The fraction of sp³-hybridized carbons (Fsp3) is 0.648. The first kappa shape index (κ1) is 100. The van der Waals surface area contributed by atoms with Crippen LogP contribution < -0.4 is 73.2 Å². The van der Waals surface area contributed by atoms with Crippen LogP contribution in [0.25, 0.3) is 44.7 Å². The van der Waals surface area contributed by atoms with Gasteiger partial charge in [-0.2, -0.15) is 44.9 Å². The maximum Gasteiger partial charge on any atom is 0.282 e. The second kappa shape index (κ2) is 43.1. The smallest absolute Gasteiger partial charge is 0.282 e. The number of aromatic amines is 3. The predicted molar refractivity (Wildman–Crippen MR) is 472 cm³/mol. The molecule has 55 heteroatoms. The van der Waals surface area contributed by atoms with Gasteiger partial charge < -0.3 is 107 Å². The fourth-order valence-corrected chi connectivity index (χ4v) is 17.5. The van der Waals surface area contributed by atoms with Crippen LogP contribution in [-0.4, -0.2) is 267 Å². The van der Waals surface area contributed by atoms with Gasteiger partial charge in [0.2, 0.25) is 41.6 Å². The summed E-state index contributed by atoms with van der Waals surface area (Å²) in [5.74, 6) is 0.810. The number of rotatable bonds is 16. The topological polar surface area (TPSA) is 798 Å². The van der Waals surface area contributed by atoms with Gasteiger partial charge in [0.05, 0.1) is 66.8 Å². The second-order valence-electron chi connectivity index (χ2n) is 33.7. The SMILES string of the molecule is CC(C)C(=O)Nc1nc2c(nnn2[C@@H]2C[C@H](CO)C[C@H]2O)c(=O)[nH]1.CC[C@H]1C[C@@H](n2nnc3c(=O)[nH]c(N)nc32)[C@H](O[Si](C)(C)C(C)(C)C)C1.Cl.N[C@@H]1C[C@H](CO)C[C@H]1O.Nc1nc(Cl)c(N)c(Cl)n1.Nc1nc(Cl)c(N)c(N[C@@H]2C[C@H](CO)C[C@H]2O)n1.Nc1nc(Cl)c2nnn([C@@H]3C[C@H](CO)C[C@H]3O)c2n1.Nc1nc2c(nnn2[C@@H]2C[C@H](CO)C[C@H]2O)c(=O)[nH]1. The molecule has 0 saturated heterocycles. The van der Waals surface area contributed by atoms with Crippen molar-refractivity contribution in [1.82, 2.24) is 120 Å². The summed E-state index contributed by atoms with van der Waals surface area (Å²) in [6.07, 6.45) is 5.93. The maximum atomic E-state index is 12.1. The third kappa shape index (κ3) is 23.9. The van der Waals surface area contributed by atoms with Gasteiger partial charge in [-0.25, -0.2) is 18.7 Å². The Hall–Kier alpha value is -9.46. The summed E-state index contributed by atoms with van der Waals surface area (Å²) >= 11 is 22.7. The molecule has 31 N–H and O–H groups in total. The minimum Gasteiger partial charge on any atom is -0.412 e. The number of fused-ring (bicyclic) bond motifs is 4. The summed E-state index contributed by atoms with van der Waals surface area (Å²) in [7, 11) is -1.93. The standard InChI is InChI=1S/C17H30N6O2Si.C14H20N6O4.C10H13ClN6O2.C10H16ClN5O2.C10H14N6O3.C6H13NO2.C4H4Cl2N4.ClH/c1-7-10-8-11(12(9-10)25-26(5,6)17(2,3)4)23-14-13(21-22-23)15(24)20-16(18)19-14;1-6(2)12(23)16-14-15-11-10(13(24)17-14)18-19-20(11)8-3-7(5-21)4-9(8)22;11-8-7-9(14-10(12)13-8)17(16-15-7)5-1-4(3-18)2-6(5)19;11-8-7(12)9(16-10(13)15-8)14-5-1-4(3-17)2-6(5)18;11-10-12-8-7(9(19)13-10)14-15-16(8)5-1-4(3-17)2-6(5)18;7-5-1-4(3-8)2-6(5)9;5-2-1(7)3(6)10-4(8)9-2;/h10-12H,7-9H2,1-6H3,(H3,18,19,20,24);6-9,21-22H,3-5H2,1-2H3,(H2,15,16,17,23,24);4-6,18-19H,1-3H2,(H2,12,13,14);4-6,17-18H,1-3,12H2,(H3,13,14,15,16);4-6,17-18H,1-3H2,(H3,11,12,13,19);4-6,8-9H,1-3,7H2;7H2,(H2,8,9,10);1H/t10-,11+,12+;7-,8+,9+;4*4-,5+,6+;;/m000000../s1. The molecule has 694 valence electrons. The van der Waals surface area contributed by atoms with Crippen LogP contribution in [0, 0.1) is 41.4 Å². The predicted octanol–water partition coefficient (Wildman–Crippen LogP) is 0.709. The molecule has 10 aromatic heterocycles. The van der Waals surface area contributed by atoms with Crippen LogP contribution in [0.5, 0.6) is 0 Å².